The second-order valence-corrected chi connectivity index (χ2v) is 7.32. The number of rotatable bonds is 2. The smallest absolute Gasteiger partial charge is 0.410 e. The molecule has 1 aliphatic heterocycles. The molecule has 23 heavy (non-hydrogen) atoms. The van der Waals surface area contributed by atoms with Crippen molar-refractivity contribution in [2.75, 3.05) is 27.7 Å². The molecule has 1 saturated heterocycles. The van der Waals surface area contributed by atoms with E-state index in [1.807, 2.05) is 18.2 Å². The maximum Gasteiger partial charge on any atom is 0.414 e. The number of fused-ring (bicyclic) bond motifs is 1. The molecule has 1 saturated carbocycles. The van der Waals surface area contributed by atoms with Gasteiger partial charge in [0.2, 0.25) is 0 Å². The maximum absolute atomic E-state index is 11.7. The Morgan fingerprint density at radius 2 is 2.04 bits per heavy atom. The van der Waals surface area contributed by atoms with E-state index in [4.69, 9.17) is 4.74 Å². The van der Waals surface area contributed by atoms with Crippen molar-refractivity contribution in [2.45, 2.75) is 44.1 Å². The maximum atomic E-state index is 11.7. The predicted octanol–water partition coefficient (Wildman–Crippen LogP) is 3.72. The summed E-state index contributed by atoms with van der Waals surface area (Å²) in [5.41, 5.74) is 1.30. The minimum Gasteiger partial charge on any atom is -0.410 e. The highest BCUT2D eigenvalue weighted by atomic mass is 16.6. The number of hydrogen-bond acceptors (Lipinski definition) is 3. The van der Waals surface area contributed by atoms with E-state index in [1.165, 1.54) is 42.6 Å². The molecular formula is C19H28N2O2. The number of likely N-dealkylation sites (N-methyl/N-ethyl adjacent to an activating group) is 1. The number of benzene rings is 1. The SMILES string of the molecule is CN(C)C(=O)Oc1cccc(C2CC3CCCCC3N(C)C2)c1. The summed E-state index contributed by atoms with van der Waals surface area (Å²) in [4.78, 5) is 15.7. The van der Waals surface area contributed by atoms with Crippen LogP contribution in [0, 0.1) is 5.92 Å². The number of piperidine rings is 1. The van der Waals surface area contributed by atoms with Gasteiger partial charge in [0.25, 0.3) is 0 Å². The van der Waals surface area contributed by atoms with Crippen LogP contribution in [0.25, 0.3) is 0 Å². The van der Waals surface area contributed by atoms with Crippen LogP contribution < -0.4 is 4.74 Å². The van der Waals surface area contributed by atoms with Crippen LogP contribution in [0.4, 0.5) is 4.79 Å². The van der Waals surface area contributed by atoms with Crippen LogP contribution in [0.3, 0.4) is 0 Å². The molecule has 3 rings (SSSR count). The molecule has 2 fully saturated rings. The van der Waals surface area contributed by atoms with E-state index >= 15 is 0 Å². The van der Waals surface area contributed by atoms with E-state index in [1.54, 1.807) is 14.1 Å². The van der Waals surface area contributed by atoms with Crippen molar-refractivity contribution in [3.63, 3.8) is 0 Å². The summed E-state index contributed by atoms with van der Waals surface area (Å²) in [5, 5.41) is 0. The van der Waals surface area contributed by atoms with Crippen LogP contribution in [0.15, 0.2) is 24.3 Å². The Hall–Kier alpha value is -1.55. The Kier molecular flexibility index (Phi) is 4.90. The minimum atomic E-state index is -0.324. The Bertz CT molecular complexity index is 558. The second-order valence-electron chi connectivity index (χ2n) is 7.32. The van der Waals surface area contributed by atoms with Gasteiger partial charge in [-0.3, -0.25) is 0 Å². The van der Waals surface area contributed by atoms with Crippen LogP contribution in [0.2, 0.25) is 0 Å². The van der Waals surface area contributed by atoms with Crippen molar-refractivity contribution in [3.05, 3.63) is 29.8 Å². The Morgan fingerprint density at radius 1 is 1.26 bits per heavy atom. The molecule has 3 unspecified atom stereocenters. The van der Waals surface area contributed by atoms with Crippen LogP contribution >= 0.6 is 0 Å². The lowest BCUT2D eigenvalue weighted by Crippen LogP contribution is -2.47. The predicted molar refractivity (Wildman–Crippen MR) is 91.9 cm³/mol. The first-order valence-electron chi connectivity index (χ1n) is 8.74. The molecule has 3 atom stereocenters. The van der Waals surface area contributed by atoms with Crippen LogP contribution in [0.5, 0.6) is 5.75 Å². The molecule has 1 aromatic rings. The van der Waals surface area contributed by atoms with Crippen molar-refractivity contribution >= 4 is 6.09 Å². The van der Waals surface area contributed by atoms with E-state index < -0.39 is 0 Å². The number of amides is 1. The zero-order valence-corrected chi connectivity index (χ0v) is 14.5. The van der Waals surface area contributed by atoms with Gasteiger partial charge >= 0.3 is 6.09 Å². The summed E-state index contributed by atoms with van der Waals surface area (Å²) < 4.78 is 5.41. The van der Waals surface area contributed by atoms with Crippen LogP contribution in [-0.4, -0.2) is 49.6 Å². The lowest BCUT2D eigenvalue weighted by molar-refractivity contribution is 0.0703. The number of hydrogen-bond donors (Lipinski definition) is 0. The number of carbonyl (C=O) groups excluding carboxylic acids is 1. The highest BCUT2D eigenvalue weighted by Gasteiger charge is 2.36. The van der Waals surface area contributed by atoms with Crippen molar-refractivity contribution in [1.82, 2.24) is 9.80 Å². The quantitative estimate of drug-likeness (QED) is 0.833. The van der Waals surface area contributed by atoms with E-state index in [0.717, 1.165) is 18.5 Å². The van der Waals surface area contributed by atoms with Gasteiger partial charge in [0.15, 0.2) is 0 Å². The van der Waals surface area contributed by atoms with E-state index in [2.05, 4.69) is 18.0 Å². The molecule has 0 bridgehead atoms. The third-order valence-electron chi connectivity index (χ3n) is 5.43. The number of likely N-dealkylation sites (tertiary alicyclic amines) is 1. The fraction of sp³-hybridized carbons (Fsp3) is 0.632. The first-order valence-corrected chi connectivity index (χ1v) is 8.74. The third-order valence-corrected chi connectivity index (χ3v) is 5.43. The van der Waals surface area contributed by atoms with Crippen molar-refractivity contribution in [1.29, 1.82) is 0 Å². The number of ether oxygens (including phenoxy) is 1. The Morgan fingerprint density at radius 3 is 2.83 bits per heavy atom. The lowest BCUT2D eigenvalue weighted by Gasteiger charge is -2.45. The molecule has 0 N–H and O–H groups in total. The zero-order chi connectivity index (χ0) is 16.4. The third kappa shape index (κ3) is 3.69. The molecule has 0 radical (unpaired) electrons. The summed E-state index contributed by atoms with van der Waals surface area (Å²) >= 11 is 0. The van der Waals surface area contributed by atoms with E-state index in [9.17, 15) is 4.79 Å². The van der Waals surface area contributed by atoms with Crippen molar-refractivity contribution < 1.29 is 9.53 Å². The highest BCUT2D eigenvalue weighted by Crippen LogP contribution is 2.40. The highest BCUT2D eigenvalue weighted by molar-refractivity contribution is 5.70. The van der Waals surface area contributed by atoms with Gasteiger partial charge in [-0.25, -0.2) is 4.79 Å². The van der Waals surface area contributed by atoms with Gasteiger partial charge in [-0.2, -0.15) is 0 Å². The van der Waals surface area contributed by atoms with Gasteiger partial charge in [-0.15, -0.1) is 0 Å². The summed E-state index contributed by atoms with van der Waals surface area (Å²) in [7, 11) is 5.67. The molecular weight excluding hydrogens is 288 g/mol. The fourth-order valence-corrected chi connectivity index (χ4v) is 4.23. The van der Waals surface area contributed by atoms with Gasteiger partial charge in [0.05, 0.1) is 0 Å². The fourth-order valence-electron chi connectivity index (χ4n) is 4.23. The molecule has 1 heterocycles. The largest absolute Gasteiger partial charge is 0.414 e. The van der Waals surface area contributed by atoms with Crippen LogP contribution in [-0.2, 0) is 0 Å². The minimum absolute atomic E-state index is 0.324. The first kappa shape index (κ1) is 16.3. The summed E-state index contributed by atoms with van der Waals surface area (Å²) in [6.07, 6.45) is 6.42. The normalized spacial score (nSPS) is 28.0. The number of carbonyl (C=O) groups is 1. The number of nitrogens with zero attached hydrogens (tertiary/aromatic N) is 2. The summed E-state index contributed by atoms with van der Waals surface area (Å²) in [5.74, 6) is 2.01. The Balaban J connectivity index is 1.72. The molecule has 1 amide bonds. The van der Waals surface area contributed by atoms with E-state index in [0.29, 0.717) is 11.7 Å². The average molecular weight is 316 g/mol. The van der Waals surface area contributed by atoms with Crippen LogP contribution in [0.1, 0.15) is 43.6 Å². The van der Waals surface area contributed by atoms with Gasteiger partial charge in [-0.05, 0) is 55.8 Å². The molecule has 4 nitrogen and oxygen atoms in total. The summed E-state index contributed by atoms with van der Waals surface area (Å²) in [6, 6.07) is 8.86. The molecule has 1 aromatic carbocycles. The monoisotopic (exact) mass is 316 g/mol. The Labute approximate surface area is 139 Å². The average Bonchev–Trinajstić information content (AvgIpc) is 2.55. The van der Waals surface area contributed by atoms with Gasteiger partial charge < -0.3 is 14.5 Å². The topological polar surface area (TPSA) is 32.8 Å². The second kappa shape index (κ2) is 6.91. The van der Waals surface area contributed by atoms with Crippen molar-refractivity contribution in [2.24, 2.45) is 5.92 Å². The molecule has 0 spiro atoms. The lowest BCUT2D eigenvalue weighted by atomic mass is 9.73. The molecule has 126 valence electrons. The van der Waals surface area contributed by atoms with E-state index in [-0.39, 0.29) is 6.09 Å². The molecule has 0 aromatic heterocycles. The van der Waals surface area contributed by atoms with Gasteiger partial charge in [0.1, 0.15) is 5.75 Å². The molecule has 4 heteroatoms. The molecule has 2 aliphatic rings. The first-order chi connectivity index (χ1) is 11.0. The van der Waals surface area contributed by atoms with Crippen molar-refractivity contribution in [3.8, 4) is 5.75 Å². The van der Waals surface area contributed by atoms with Gasteiger partial charge in [-0.1, -0.05) is 25.0 Å². The molecule has 1 aliphatic carbocycles. The van der Waals surface area contributed by atoms with Gasteiger partial charge in [0, 0.05) is 26.7 Å². The standard InChI is InChI=1S/C19H28N2O2/c1-20(2)19(22)23-17-9-6-8-14(12-17)16-11-15-7-4-5-10-18(15)21(3)13-16/h6,8-9,12,15-16,18H,4-5,7,10-11,13H2,1-3H3. The zero-order valence-electron chi connectivity index (χ0n) is 14.5. The summed E-state index contributed by atoms with van der Waals surface area (Å²) in [6.45, 7) is 1.10.